The van der Waals surface area contributed by atoms with Crippen LogP contribution in [0.1, 0.15) is 43.1 Å². The average Bonchev–Trinajstić information content (AvgIpc) is 2.44. The molecule has 0 aliphatic carbocycles. The molecule has 0 heterocycles. The Labute approximate surface area is 138 Å². The van der Waals surface area contributed by atoms with E-state index in [1.54, 1.807) is 20.8 Å². The van der Waals surface area contributed by atoms with E-state index in [0.717, 1.165) is 0 Å². The van der Waals surface area contributed by atoms with Crippen LogP contribution in [-0.4, -0.2) is 39.8 Å². The van der Waals surface area contributed by atoms with Crippen LogP contribution in [0.3, 0.4) is 0 Å². The molecule has 8 heteroatoms. The normalized spacial score (nSPS) is 11.9. The summed E-state index contributed by atoms with van der Waals surface area (Å²) in [7, 11) is 0. The van der Waals surface area contributed by atoms with Gasteiger partial charge in [-0.2, -0.15) is 5.26 Å². The van der Waals surface area contributed by atoms with Gasteiger partial charge in [-0.25, -0.2) is 9.59 Å². The number of nitriles is 1. The van der Waals surface area contributed by atoms with Gasteiger partial charge in [0, 0.05) is 0 Å². The van der Waals surface area contributed by atoms with Gasteiger partial charge in [0.1, 0.15) is 17.7 Å². The summed E-state index contributed by atoms with van der Waals surface area (Å²) in [5, 5.41) is 29.4. The summed E-state index contributed by atoms with van der Waals surface area (Å²) in [4.78, 5) is 33.8. The number of hydrogen-bond acceptors (Lipinski definition) is 6. The fraction of sp³-hybridized carbons (Fsp3) is 0.375. The summed E-state index contributed by atoms with van der Waals surface area (Å²) in [5.41, 5.74) is -0.429. The molecule has 1 rings (SSSR count). The van der Waals surface area contributed by atoms with E-state index in [1.165, 1.54) is 18.2 Å². The molecule has 24 heavy (non-hydrogen) atoms. The SMILES string of the molecule is CC(C)(C)OC(=O)c1ccc(N[C@@H](CC(=O)O)C(=O)O)c(C#N)c1. The highest BCUT2D eigenvalue weighted by molar-refractivity contribution is 5.91. The minimum absolute atomic E-state index is 0.00926. The number of carbonyl (C=O) groups excluding carboxylic acids is 1. The number of esters is 1. The van der Waals surface area contributed by atoms with Crippen LogP contribution in [0.25, 0.3) is 0 Å². The van der Waals surface area contributed by atoms with Crippen LogP contribution in [0, 0.1) is 11.3 Å². The number of carbonyl (C=O) groups is 3. The number of benzene rings is 1. The molecule has 128 valence electrons. The van der Waals surface area contributed by atoms with Gasteiger partial charge in [0.05, 0.1) is 23.2 Å². The van der Waals surface area contributed by atoms with E-state index in [4.69, 9.17) is 14.9 Å². The lowest BCUT2D eigenvalue weighted by atomic mass is 10.1. The summed E-state index contributed by atoms with van der Waals surface area (Å²) in [6, 6.07) is 4.41. The quantitative estimate of drug-likeness (QED) is 0.670. The number of anilines is 1. The number of carboxylic acid groups (broad SMARTS) is 2. The van der Waals surface area contributed by atoms with Gasteiger partial charge in [-0.15, -0.1) is 0 Å². The largest absolute Gasteiger partial charge is 0.481 e. The summed E-state index contributed by atoms with van der Waals surface area (Å²) in [6.07, 6.45) is -0.659. The summed E-state index contributed by atoms with van der Waals surface area (Å²) in [5.74, 6) is -3.28. The maximum atomic E-state index is 12.0. The fourth-order valence-electron chi connectivity index (χ4n) is 1.79. The lowest BCUT2D eigenvalue weighted by Crippen LogP contribution is -2.32. The van der Waals surface area contributed by atoms with Crippen molar-refractivity contribution in [2.24, 2.45) is 0 Å². The molecular formula is C16H18N2O6. The number of hydrogen-bond donors (Lipinski definition) is 3. The Bertz CT molecular complexity index is 699. The molecule has 0 aliphatic heterocycles. The summed E-state index contributed by atoms with van der Waals surface area (Å²) in [6.45, 7) is 5.11. The maximum absolute atomic E-state index is 12.0. The van der Waals surface area contributed by atoms with Gasteiger partial charge < -0.3 is 20.3 Å². The first kappa shape index (κ1) is 19.0. The van der Waals surface area contributed by atoms with Crippen LogP contribution >= 0.6 is 0 Å². The Morgan fingerprint density at radius 1 is 1.29 bits per heavy atom. The molecule has 0 saturated carbocycles. The van der Waals surface area contributed by atoms with Crippen molar-refractivity contribution in [2.75, 3.05) is 5.32 Å². The van der Waals surface area contributed by atoms with Crippen molar-refractivity contribution in [2.45, 2.75) is 38.8 Å². The highest BCUT2D eigenvalue weighted by Crippen LogP contribution is 2.20. The van der Waals surface area contributed by atoms with Crippen LogP contribution in [0.4, 0.5) is 5.69 Å². The number of rotatable bonds is 6. The summed E-state index contributed by atoms with van der Waals surface area (Å²) >= 11 is 0. The van der Waals surface area contributed by atoms with E-state index in [0.29, 0.717) is 0 Å². The van der Waals surface area contributed by atoms with Crippen molar-refractivity contribution < 1.29 is 29.3 Å². The second-order valence-corrected chi connectivity index (χ2v) is 6.01. The second-order valence-electron chi connectivity index (χ2n) is 6.01. The first-order valence-corrected chi connectivity index (χ1v) is 7.02. The van der Waals surface area contributed by atoms with E-state index < -0.39 is 36.0 Å². The molecule has 8 nitrogen and oxygen atoms in total. The minimum Gasteiger partial charge on any atom is -0.481 e. The van der Waals surface area contributed by atoms with Gasteiger partial charge in [-0.1, -0.05) is 0 Å². The molecule has 0 amide bonds. The lowest BCUT2D eigenvalue weighted by Gasteiger charge is -2.20. The smallest absolute Gasteiger partial charge is 0.338 e. The molecule has 0 saturated heterocycles. The van der Waals surface area contributed by atoms with E-state index >= 15 is 0 Å². The topological polar surface area (TPSA) is 137 Å². The van der Waals surface area contributed by atoms with Gasteiger partial charge in [0.25, 0.3) is 0 Å². The minimum atomic E-state index is -1.40. The van der Waals surface area contributed by atoms with Crippen LogP contribution in [0.2, 0.25) is 0 Å². The zero-order valence-electron chi connectivity index (χ0n) is 13.5. The molecule has 0 fully saturated rings. The molecule has 0 bridgehead atoms. The van der Waals surface area contributed by atoms with Crippen molar-refractivity contribution in [1.82, 2.24) is 0 Å². The van der Waals surface area contributed by atoms with Crippen LogP contribution in [0.15, 0.2) is 18.2 Å². The first-order chi connectivity index (χ1) is 11.0. The van der Waals surface area contributed by atoms with E-state index in [2.05, 4.69) is 5.32 Å². The van der Waals surface area contributed by atoms with Gasteiger partial charge in [0.15, 0.2) is 0 Å². The maximum Gasteiger partial charge on any atom is 0.338 e. The molecule has 0 aliphatic rings. The number of nitrogens with zero attached hydrogens (tertiary/aromatic N) is 1. The van der Waals surface area contributed by atoms with Crippen molar-refractivity contribution in [3.05, 3.63) is 29.3 Å². The third kappa shape index (κ3) is 5.61. The third-order valence-corrected chi connectivity index (χ3v) is 2.78. The predicted octanol–water partition coefficient (Wildman–Crippen LogP) is 1.85. The Balaban J connectivity index is 3.06. The number of nitrogens with one attached hydrogen (secondary N) is 1. The Morgan fingerprint density at radius 3 is 2.38 bits per heavy atom. The number of ether oxygens (including phenoxy) is 1. The first-order valence-electron chi connectivity index (χ1n) is 7.02. The highest BCUT2D eigenvalue weighted by Gasteiger charge is 2.23. The predicted molar refractivity (Wildman–Crippen MR) is 83.6 cm³/mol. The van der Waals surface area contributed by atoms with Gasteiger partial charge in [0.2, 0.25) is 0 Å². The van der Waals surface area contributed by atoms with Gasteiger partial charge in [-0.3, -0.25) is 4.79 Å². The number of aliphatic carboxylic acids is 2. The van der Waals surface area contributed by atoms with Gasteiger partial charge >= 0.3 is 17.9 Å². The van der Waals surface area contributed by atoms with Crippen molar-refractivity contribution in [3.8, 4) is 6.07 Å². The molecule has 1 aromatic carbocycles. The third-order valence-electron chi connectivity index (χ3n) is 2.78. The molecule has 3 N–H and O–H groups in total. The fourth-order valence-corrected chi connectivity index (χ4v) is 1.79. The Morgan fingerprint density at radius 2 is 1.92 bits per heavy atom. The van der Waals surface area contributed by atoms with Crippen LogP contribution in [-0.2, 0) is 14.3 Å². The summed E-state index contributed by atoms with van der Waals surface area (Å²) < 4.78 is 5.19. The Kier molecular flexibility index (Phi) is 5.89. The molecule has 1 atom stereocenters. The lowest BCUT2D eigenvalue weighted by molar-refractivity contribution is -0.144. The van der Waals surface area contributed by atoms with Crippen molar-refractivity contribution in [1.29, 1.82) is 5.26 Å². The zero-order chi connectivity index (χ0) is 18.5. The van der Waals surface area contributed by atoms with Crippen LogP contribution < -0.4 is 5.32 Å². The standard InChI is InChI=1S/C16H18N2O6/c1-16(2,3)24-15(23)9-4-5-11(10(6-9)8-17)18-12(14(21)22)7-13(19)20/h4-6,12,18H,7H2,1-3H3,(H,19,20)(H,21,22)/t12-/m0/s1. The van der Waals surface area contributed by atoms with Crippen LogP contribution in [0.5, 0.6) is 0 Å². The van der Waals surface area contributed by atoms with Crippen molar-refractivity contribution >= 4 is 23.6 Å². The molecule has 0 spiro atoms. The Hall–Kier alpha value is -3.08. The highest BCUT2D eigenvalue weighted by atomic mass is 16.6. The monoisotopic (exact) mass is 334 g/mol. The molecule has 0 unspecified atom stereocenters. The molecule has 0 aromatic heterocycles. The van der Waals surface area contributed by atoms with E-state index in [-0.39, 0.29) is 16.8 Å². The second kappa shape index (κ2) is 7.46. The molecule has 1 aromatic rings. The van der Waals surface area contributed by atoms with Gasteiger partial charge in [-0.05, 0) is 39.0 Å². The van der Waals surface area contributed by atoms with E-state index in [1.807, 2.05) is 6.07 Å². The number of carboxylic acids is 2. The van der Waals surface area contributed by atoms with E-state index in [9.17, 15) is 19.6 Å². The van der Waals surface area contributed by atoms with Crippen molar-refractivity contribution in [3.63, 3.8) is 0 Å². The average molecular weight is 334 g/mol. The molecule has 0 radical (unpaired) electrons. The molecular weight excluding hydrogens is 316 g/mol. The zero-order valence-corrected chi connectivity index (χ0v) is 13.5.